The summed E-state index contributed by atoms with van der Waals surface area (Å²) >= 11 is 6.75. The zero-order valence-corrected chi connectivity index (χ0v) is 22.8. The van der Waals surface area contributed by atoms with Crippen molar-refractivity contribution < 1.29 is 8.78 Å². The molecule has 4 N–H and O–H groups in total. The van der Waals surface area contributed by atoms with Gasteiger partial charge >= 0.3 is 0 Å². The molecule has 3 aromatic carbocycles. The van der Waals surface area contributed by atoms with Crippen LogP contribution in [0.3, 0.4) is 0 Å². The molecule has 2 heterocycles. The summed E-state index contributed by atoms with van der Waals surface area (Å²) in [5, 5.41) is 20.0. The zero-order valence-electron chi connectivity index (χ0n) is 22.0. The van der Waals surface area contributed by atoms with Gasteiger partial charge in [-0.3, -0.25) is 14.4 Å². The Balaban J connectivity index is 1.41. The summed E-state index contributed by atoms with van der Waals surface area (Å²) in [4.78, 5) is 4.46. The summed E-state index contributed by atoms with van der Waals surface area (Å²) in [6.45, 7) is -0.529. The highest BCUT2D eigenvalue weighted by molar-refractivity contribution is 6.35. The highest BCUT2D eigenvalue weighted by Gasteiger charge is 2.32. The van der Waals surface area contributed by atoms with E-state index < -0.39 is 6.67 Å². The number of hydrogen-bond acceptors (Lipinski definition) is 7. The Hall–Kier alpha value is -4.39. The second-order valence-electron chi connectivity index (χ2n) is 10.2. The van der Waals surface area contributed by atoms with E-state index in [4.69, 9.17) is 11.6 Å². The van der Waals surface area contributed by atoms with Crippen LogP contribution in [0.15, 0.2) is 84.8 Å². The number of halogens is 3. The van der Waals surface area contributed by atoms with Gasteiger partial charge in [0.05, 0.1) is 46.2 Å². The number of anilines is 2. The molecule has 1 aliphatic heterocycles. The van der Waals surface area contributed by atoms with E-state index in [0.29, 0.717) is 38.9 Å². The van der Waals surface area contributed by atoms with Crippen LogP contribution in [0.5, 0.6) is 0 Å². The molecule has 2 atom stereocenters. The molecular formula is C31H28ClF2N7. The molecule has 208 valence electrons. The van der Waals surface area contributed by atoms with E-state index in [1.807, 2.05) is 47.6 Å². The van der Waals surface area contributed by atoms with E-state index in [1.54, 1.807) is 18.2 Å². The van der Waals surface area contributed by atoms with Gasteiger partial charge in [-0.15, -0.1) is 5.53 Å². The van der Waals surface area contributed by atoms with Crippen molar-refractivity contribution in [2.75, 3.05) is 17.3 Å². The number of fused-ring (bicyclic) bond motifs is 1. The van der Waals surface area contributed by atoms with Crippen molar-refractivity contribution in [3.05, 3.63) is 112 Å². The van der Waals surface area contributed by atoms with Crippen LogP contribution >= 0.6 is 11.6 Å². The van der Waals surface area contributed by atoms with Crippen LogP contribution in [0.1, 0.15) is 48.0 Å². The summed E-state index contributed by atoms with van der Waals surface area (Å²) in [7, 11) is 0. The van der Waals surface area contributed by atoms with Crippen molar-refractivity contribution in [3.63, 3.8) is 0 Å². The van der Waals surface area contributed by atoms with Crippen LogP contribution in [0.2, 0.25) is 5.02 Å². The molecule has 6 rings (SSSR count). The molecule has 0 radical (unpaired) electrons. The number of pyridine rings is 1. The van der Waals surface area contributed by atoms with Gasteiger partial charge in [0, 0.05) is 35.9 Å². The molecule has 7 nitrogen and oxygen atoms in total. The minimum absolute atomic E-state index is 0.224. The lowest BCUT2D eigenvalue weighted by Gasteiger charge is -2.24. The van der Waals surface area contributed by atoms with Gasteiger partial charge < -0.3 is 16.1 Å². The van der Waals surface area contributed by atoms with Crippen LogP contribution in [0.4, 0.5) is 20.2 Å². The smallest absolute Gasteiger partial charge is 0.123 e. The van der Waals surface area contributed by atoms with E-state index in [2.05, 4.69) is 32.6 Å². The Morgan fingerprint density at radius 2 is 1.85 bits per heavy atom. The lowest BCUT2D eigenvalue weighted by Crippen LogP contribution is -2.38. The van der Waals surface area contributed by atoms with E-state index in [0.717, 1.165) is 29.7 Å². The normalized spacial score (nSPS) is 16.0. The number of aromatic nitrogens is 1. The molecule has 0 unspecified atom stereocenters. The molecule has 1 aromatic heterocycles. The molecule has 2 aliphatic rings. The Morgan fingerprint density at radius 3 is 2.56 bits per heavy atom. The Kier molecular flexibility index (Phi) is 7.59. The van der Waals surface area contributed by atoms with Gasteiger partial charge in [0.1, 0.15) is 11.9 Å². The fraction of sp³-hybridized carbons (Fsp3) is 0.226. The molecule has 0 spiro atoms. The first-order chi connectivity index (χ1) is 20.0. The Morgan fingerprint density at radius 1 is 1.07 bits per heavy atom. The maximum Gasteiger partial charge on any atom is 0.123 e. The van der Waals surface area contributed by atoms with Crippen LogP contribution in [0.25, 0.3) is 10.9 Å². The van der Waals surface area contributed by atoms with Crippen molar-refractivity contribution in [2.24, 2.45) is 0 Å². The fourth-order valence-electron chi connectivity index (χ4n) is 5.08. The average Bonchev–Trinajstić information content (AvgIpc) is 3.73. The molecule has 1 fully saturated rings. The van der Waals surface area contributed by atoms with E-state index in [-0.39, 0.29) is 24.3 Å². The van der Waals surface area contributed by atoms with Gasteiger partial charge in [0.2, 0.25) is 0 Å². The minimum Gasteiger partial charge on any atom is -0.376 e. The molecule has 1 aliphatic carbocycles. The molecule has 0 amide bonds. The fourth-order valence-corrected chi connectivity index (χ4v) is 5.34. The first-order valence-corrected chi connectivity index (χ1v) is 13.9. The predicted octanol–water partition coefficient (Wildman–Crippen LogP) is 6.89. The number of benzene rings is 3. The molecule has 4 aromatic rings. The van der Waals surface area contributed by atoms with Crippen LogP contribution in [-0.4, -0.2) is 22.7 Å². The van der Waals surface area contributed by atoms with Crippen LogP contribution in [0, 0.1) is 17.1 Å². The molecule has 1 saturated carbocycles. The van der Waals surface area contributed by atoms with Crippen molar-refractivity contribution in [1.29, 1.82) is 5.26 Å². The largest absolute Gasteiger partial charge is 0.376 e. The molecule has 41 heavy (non-hydrogen) atoms. The number of alkyl halides is 1. The van der Waals surface area contributed by atoms with Crippen LogP contribution in [-0.2, 0) is 0 Å². The standard InChI is InChI=1S/C31H28ClF2N7/c32-26-15-23(37-30(20-6-8-22(34)9-7-20)28-18-41(40-39-28)24-10-11-24)14-25-29(21(16-35)17-36-31(25)26)38-27(12-13-33)19-4-2-1-3-5-19/h1-9,14-15,17-18,24,27,30,37,39-40H,10-13H2,(H,36,38)/t27-,30+/m1/s1. The monoisotopic (exact) mass is 571 g/mol. The molecule has 0 bridgehead atoms. The zero-order chi connectivity index (χ0) is 28.3. The Labute approximate surface area is 241 Å². The summed E-state index contributed by atoms with van der Waals surface area (Å²) in [5.74, 6) is -0.320. The SMILES string of the molecule is N#Cc1cnc2c(Cl)cc(N[C@H](C3=CN(C4CC4)NN3)c3ccc(F)cc3)cc2c1N[C@H](CCF)c1ccccc1. The van der Waals surface area contributed by atoms with E-state index in [1.165, 1.54) is 18.3 Å². The topological polar surface area (TPSA) is 88.0 Å². The number of nitriles is 1. The van der Waals surface area contributed by atoms with Gasteiger partial charge in [0.15, 0.2) is 0 Å². The summed E-state index contributed by atoms with van der Waals surface area (Å²) in [6.07, 6.45) is 5.95. The predicted molar refractivity (Wildman–Crippen MR) is 157 cm³/mol. The summed E-state index contributed by atoms with van der Waals surface area (Å²) in [6, 6.07) is 21.5. The van der Waals surface area contributed by atoms with E-state index >= 15 is 0 Å². The second-order valence-corrected chi connectivity index (χ2v) is 10.6. The minimum atomic E-state index is -0.529. The maximum absolute atomic E-state index is 13.8. The number of nitrogens with zero attached hydrogens (tertiary/aromatic N) is 3. The first kappa shape index (κ1) is 26.8. The number of hydrogen-bond donors (Lipinski definition) is 4. The average molecular weight is 572 g/mol. The molecule has 10 heteroatoms. The highest BCUT2D eigenvalue weighted by Crippen LogP contribution is 2.38. The first-order valence-electron chi connectivity index (χ1n) is 13.5. The quantitative estimate of drug-likeness (QED) is 0.165. The van der Waals surface area contributed by atoms with Gasteiger partial charge in [0.25, 0.3) is 0 Å². The third-order valence-corrected chi connectivity index (χ3v) is 7.62. The van der Waals surface area contributed by atoms with Crippen molar-refractivity contribution in [2.45, 2.75) is 37.4 Å². The Bertz CT molecular complexity index is 1620. The lowest BCUT2D eigenvalue weighted by molar-refractivity contribution is 0.260. The summed E-state index contributed by atoms with van der Waals surface area (Å²) in [5.41, 5.74) is 11.1. The second kappa shape index (κ2) is 11.6. The molecular weight excluding hydrogens is 544 g/mol. The third-order valence-electron chi connectivity index (χ3n) is 7.34. The van der Waals surface area contributed by atoms with E-state index in [9.17, 15) is 14.0 Å². The maximum atomic E-state index is 13.8. The van der Waals surface area contributed by atoms with Crippen LogP contribution < -0.4 is 21.6 Å². The highest BCUT2D eigenvalue weighted by atomic mass is 35.5. The van der Waals surface area contributed by atoms with Crippen molar-refractivity contribution in [1.82, 2.24) is 21.0 Å². The van der Waals surface area contributed by atoms with Gasteiger partial charge in [-0.1, -0.05) is 54.1 Å². The van der Waals surface area contributed by atoms with Gasteiger partial charge in [-0.25, -0.2) is 4.39 Å². The number of hydrazine groups is 2. The summed E-state index contributed by atoms with van der Waals surface area (Å²) < 4.78 is 27.4. The van der Waals surface area contributed by atoms with Crippen molar-refractivity contribution in [3.8, 4) is 6.07 Å². The van der Waals surface area contributed by atoms with Crippen molar-refractivity contribution >= 4 is 33.9 Å². The van der Waals surface area contributed by atoms with Gasteiger partial charge in [-0.2, -0.15) is 5.26 Å². The third kappa shape index (κ3) is 5.75. The lowest BCUT2D eigenvalue weighted by atomic mass is 10.0. The number of nitrogens with one attached hydrogen (secondary N) is 4. The molecule has 0 saturated heterocycles. The number of rotatable bonds is 10. The van der Waals surface area contributed by atoms with Gasteiger partial charge in [-0.05, 0) is 48.2 Å².